The fourth-order valence-corrected chi connectivity index (χ4v) is 3.29. The van der Waals surface area contributed by atoms with Gasteiger partial charge in [-0.1, -0.05) is 19.9 Å². The fraction of sp³-hybridized carbons (Fsp3) is 0.650. The van der Waals surface area contributed by atoms with Crippen LogP contribution in [0.3, 0.4) is 0 Å². The maximum atomic E-state index is 12.1. The lowest BCUT2D eigenvalue weighted by Crippen LogP contribution is -2.36. The van der Waals surface area contributed by atoms with Crippen molar-refractivity contribution in [2.24, 2.45) is 11.1 Å². The zero-order chi connectivity index (χ0) is 19.2. The Labute approximate surface area is 169 Å². The van der Waals surface area contributed by atoms with Gasteiger partial charge >= 0.3 is 0 Å². The van der Waals surface area contributed by atoms with E-state index in [-0.39, 0.29) is 30.3 Å². The highest BCUT2D eigenvalue weighted by atomic mass is 35.5. The molecule has 2 N–H and O–H groups in total. The molecule has 1 aliphatic rings. The van der Waals surface area contributed by atoms with Gasteiger partial charge in [0.2, 0.25) is 0 Å². The summed E-state index contributed by atoms with van der Waals surface area (Å²) in [4.78, 5) is 16.2. The lowest BCUT2D eigenvalue weighted by atomic mass is 9.93. The van der Waals surface area contributed by atoms with E-state index >= 15 is 0 Å². The molecule has 1 amide bonds. The number of carbonyl (C=O) groups excluding carboxylic acids is 1. The van der Waals surface area contributed by atoms with Crippen molar-refractivity contribution < 1.29 is 14.3 Å². The number of ether oxygens (including phenoxy) is 2. The van der Waals surface area contributed by atoms with Crippen LogP contribution in [0.15, 0.2) is 18.2 Å². The van der Waals surface area contributed by atoms with Crippen LogP contribution in [-0.4, -0.2) is 62.7 Å². The second-order valence-corrected chi connectivity index (χ2v) is 7.90. The van der Waals surface area contributed by atoms with Crippen molar-refractivity contribution in [1.82, 2.24) is 9.80 Å². The highest BCUT2D eigenvalue weighted by Gasteiger charge is 2.20. The maximum absolute atomic E-state index is 12.1. The molecule has 1 heterocycles. The van der Waals surface area contributed by atoms with Gasteiger partial charge in [-0.25, -0.2) is 0 Å². The minimum absolute atomic E-state index is 0. The van der Waals surface area contributed by atoms with Crippen LogP contribution in [0.4, 0.5) is 0 Å². The molecule has 0 spiro atoms. The minimum atomic E-state index is 0. The van der Waals surface area contributed by atoms with E-state index in [4.69, 9.17) is 15.2 Å². The van der Waals surface area contributed by atoms with E-state index in [1.54, 1.807) is 7.11 Å². The van der Waals surface area contributed by atoms with E-state index in [1.807, 2.05) is 23.1 Å². The van der Waals surface area contributed by atoms with Gasteiger partial charge < -0.3 is 25.0 Å². The molecular weight excluding hydrogens is 366 g/mol. The van der Waals surface area contributed by atoms with Crippen LogP contribution >= 0.6 is 12.4 Å². The fourth-order valence-electron chi connectivity index (χ4n) is 3.29. The molecular formula is C20H34ClN3O3. The number of amides is 1. The molecule has 0 aromatic heterocycles. The molecule has 1 aromatic rings. The first kappa shape index (κ1) is 23.5. The Balaban J connectivity index is 0.00000364. The van der Waals surface area contributed by atoms with Gasteiger partial charge in [0.1, 0.15) is 0 Å². The van der Waals surface area contributed by atoms with Gasteiger partial charge in [0.05, 0.1) is 7.11 Å². The Hall–Kier alpha value is -1.50. The third-order valence-corrected chi connectivity index (χ3v) is 4.74. The summed E-state index contributed by atoms with van der Waals surface area (Å²) in [5.41, 5.74) is 7.04. The Bertz CT molecular complexity index is 604. The number of rotatable bonds is 9. The molecule has 0 atom stereocenters. The van der Waals surface area contributed by atoms with Crippen LogP contribution in [0.2, 0.25) is 0 Å². The van der Waals surface area contributed by atoms with Crippen LogP contribution in [0.25, 0.3) is 0 Å². The van der Waals surface area contributed by atoms with Gasteiger partial charge in [-0.3, -0.25) is 4.79 Å². The molecule has 7 heteroatoms. The monoisotopic (exact) mass is 399 g/mol. The topological polar surface area (TPSA) is 68.0 Å². The molecule has 0 unspecified atom stereocenters. The van der Waals surface area contributed by atoms with E-state index in [9.17, 15) is 4.79 Å². The highest BCUT2D eigenvalue weighted by Crippen LogP contribution is 2.29. The first-order valence-corrected chi connectivity index (χ1v) is 9.31. The molecule has 6 nitrogen and oxygen atoms in total. The lowest BCUT2D eigenvalue weighted by Gasteiger charge is -2.29. The van der Waals surface area contributed by atoms with Crippen molar-refractivity contribution in [3.8, 4) is 11.5 Å². The van der Waals surface area contributed by atoms with Gasteiger partial charge in [0, 0.05) is 26.2 Å². The number of methoxy groups -OCH3 is 1. The third-order valence-electron chi connectivity index (χ3n) is 4.74. The van der Waals surface area contributed by atoms with E-state index in [0.717, 1.165) is 44.6 Å². The third kappa shape index (κ3) is 7.20. The Kier molecular flexibility index (Phi) is 9.36. The SMILES string of the molecule is COc1cc(CN(C)CC(C)(C)CN)ccc1OCC(=O)N1CCCC1.Cl. The first-order chi connectivity index (χ1) is 12.3. The Morgan fingerprint density at radius 1 is 1.26 bits per heavy atom. The van der Waals surface area contributed by atoms with Crippen LogP contribution < -0.4 is 15.2 Å². The highest BCUT2D eigenvalue weighted by molar-refractivity contribution is 5.85. The van der Waals surface area contributed by atoms with E-state index in [2.05, 4.69) is 25.8 Å². The van der Waals surface area contributed by atoms with Crippen LogP contribution in [0.1, 0.15) is 32.3 Å². The summed E-state index contributed by atoms with van der Waals surface area (Å²) < 4.78 is 11.2. The zero-order valence-corrected chi connectivity index (χ0v) is 17.8. The smallest absolute Gasteiger partial charge is 0.260 e. The average Bonchev–Trinajstić information content (AvgIpc) is 3.14. The van der Waals surface area contributed by atoms with Crippen LogP contribution in [0, 0.1) is 5.41 Å². The number of carbonyl (C=O) groups is 1. The molecule has 154 valence electrons. The number of nitrogens with zero attached hydrogens (tertiary/aromatic N) is 2. The number of nitrogens with two attached hydrogens (primary N) is 1. The number of hydrogen-bond donors (Lipinski definition) is 1. The van der Waals surface area contributed by atoms with Gasteiger partial charge in [-0.15, -0.1) is 12.4 Å². The van der Waals surface area contributed by atoms with Crippen molar-refractivity contribution in [3.63, 3.8) is 0 Å². The van der Waals surface area contributed by atoms with Crippen molar-refractivity contribution in [2.45, 2.75) is 33.2 Å². The molecule has 27 heavy (non-hydrogen) atoms. The number of hydrogen-bond acceptors (Lipinski definition) is 5. The molecule has 0 aliphatic carbocycles. The van der Waals surface area contributed by atoms with Gasteiger partial charge in [0.25, 0.3) is 5.91 Å². The molecule has 1 fully saturated rings. The number of likely N-dealkylation sites (tertiary alicyclic amines) is 1. The molecule has 1 aromatic carbocycles. The molecule has 1 saturated heterocycles. The minimum Gasteiger partial charge on any atom is -0.493 e. The summed E-state index contributed by atoms with van der Waals surface area (Å²) in [6.45, 7) is 8.42. The summed E-state index contributed by atoms with van der Waals surface area (Å²) in [7, 11) is 3.71. The first-order valence-electron chi connectivity index (χ1n) is 9.31. The Morgan fingerprint density at radius 3 is 2.52 bits per heavy atom. The van der Waals surface area contributed by atoms with Gasteiger partial charge in [0.15, 0.2) is 18.1 Å². The molecule has 0 radical (unpaired) electrons. The molecule has 2 rings (SSSR count). The molecule has 0 bridgehead atoms. The van der Waals surface area contributed by atoms with E-state index < -0.39 is 0 Å². The summed E-state index contributed by atoms with van der Waals surface area (Å²) in [6, 6.07) is 5.87. The second-order valence-electron chi connectivity index (χ2n) is 7.90. The quantitative estimate of drug-likeness (QED) is 0.691. The van der Waals surface area contributed by atoms with E-state index in [0.29, 0.717) is 18.0 Å². The van der Waals surface area contributed by atoms with E-state index in [1.165, 1.54) is 0 Å². The number of benzene rings is 1. The zero-order valence-electron chi connectivity index (χ0n) is 17.0. The standard InChI is InChI=1S/C20H33N3O3.ClH/c1-20(2,14-21)15-22(3)12-16-7-8-17(18(11-16)25-4)26-13-19(24)23-9-5-6-10-23;/h7-8,11H,5-6,9-10,12-15,21H2,1-4H3;1H. The van der Waals surface area contributed by atoms with Crippen molar-refractivity contribution in [1.29, 1.82) is 0 Å². The number of halogens is 1. The summed E-state index contributed by atoms with van der Waals surface area (Å²) in [5, 5.41) is 0. The van der Waals surface area contributed by atoms with Crippen molar-refractivity contribution in [2.75, 3.05) is 46.9 Å². The van der Waals surface area contributed by atoms with Crippen LogP contribution in [-0.2, 0) is 11.3 Å². The summed E-state index contributed by atoms with van der Waals surface area (Å²) >= 11 is 0. The largest absolute Gasteiger partial charge is 0.493 e. The lowest BCUT2D eigenvalue weighted by molar-refractivity contribution is -0.132. The second kappa shape index (κ2) is 10.7. The summed E-state index contributed by atoms with van der Waals surface area (Å²) in [5.74, 6) is 1.30. The molecule has 0 saturated carbocycles. The van der Waals surface area contributed by atoms with Gasteiger partial charge in [-0.05, 0) is 49.5 Å². The predicted octanol–water partition coefficient (Wildman–Crippen LogP) is 2.53. The van der Waals surface area contributed by atoms with Gasteiger partial charge in [-0.2, -0.15) is 0 Å². The normalized spacial score (nSPS) is 14.2. The molecule has 1 aliphatic heterocycles. The maximum Gasteiger partial charge on any atom is 0.260 e. The average molecular weight is 400 g/mol. The van der Waals surface area contributed by atoms with Crippen LogP contribution in [0.5, 0.6) is 11.5 Å². The summed E-state index contributed by atoms with van der Waals surface area (Å²) in [6.07, 6.45) is 2.16. The van der Waals surface area contributed by atoms with Crippen molar-refractivity contribution in [3.05, 3.63) is 23.8 Å². The van der Waals surface area contributed by atoms with Crippen molar-refractivity contribution >= 4 is 18.3 Å². The Morgan fingerprint density at radius 2 is 1.93 bits per heavy atom. The predicted molar refractivity (Wildman–Crippen MR) is 111 cm³/mol.